The van der Waals surface area contributed by atoms with Crippen molar-refractivity contribution in [1.82, 2.24) is 4.98 Å². The molecule has 0 aliphatic carbocycles. The van der Waals surface area contributed by atoms with Gasteiger partial charge in [-0.1, -0.05) is 0 Å². The number of primary amides is 1. The molecule has 1 heterocycles. The van der Waals surface area contributed by atoms with Gasteiger partial charge in [0.2, 0.25) is 5.91 Å². The van der Waals surface area contributed by atoms with Gasteiger partial charge < -0.3 is 15.8 Å². The van der Waals surface area contributed by atoms with Gasteiger partial charge in [-0.05, 0) is 26.0 Å². The molecule has 1 unspecified atom stereocenters. The molecule has 0 aliphatic heterocycles. The van der Waals surface area contributed by atoms with Crippen molar-refractivity contribution in [1.29, 1.82) is 0 Å². The van der Waals surface area contributed by atoms with Gasteiger partial charge in [0, 0.05) is 6.20 Å². The summed E-state index contributed by atoms with van der Waals surface area (Å²) in [4.78, 5) is 26.1. The molecule has 1 rings (SSSR count). The lowest BCUT2D eigenvalue weighted by atomic mass is 10.2. The van der Waals surface area contributed by atoms with Crippen LogP contribution in [0.25, 0.3) is 0 Å². The Morgan fingerprint density at radius 3 is 2.71 bits per heavy atom. The number of hydrogen-bond donors (Lipinski definition) is 2. The molecular formula is C11H15N3O3. The third-order valence-electron chi connectivity index (χ3n) is 2.05. The SMILES string of the molecule is CCOC(=O)C(C)Nc1ccc(C(N)=O)cn1. The van der Waals surface area contributed by atoms with E-state index in [-0.39, 0.29) is 5.97 Å². The third kappa shape index (κ3) is 3.75. The van der Waals surface area contributed by atoms with Crippen LogP contribution in [0.5, 0.6) is 0 Å². The minimum absolute atomic E-state index is 0.319. The Bertz CT molecular complexity index is 403. The van der Waals surface area contributed by atoms with Crippen LogP contribution in [-0.4, -0.2) is 29.5 Å². The van der Waals surface area contributed by atoms with Gasteiger partial charge in [0.25, 0.3) is 0 Å². The van der Waals surface area contributed by atoms with Crippen LogP contribution in [0.2, 0.25) is 0 Å². The van der Waals surface area contributed by atoms with E-state index >= 15 is 0 Å². The number of nitrogens with two attached hydrogens (primary N) is 1. The number of hydrogen-bond acceptors (Lipinski definition) is 5. The molecule has 0 saturated heterocycles. The zero-order valence-electron chi connectivity index (χ0n) is 9.77. The Balaban J connectivity index is 2.63. The minimum Gasteiger partial charge on any atom is -0.464 e. The van der Waals surface area contributed by atoms with E-state index in [9.17, 15) is 9.59 Å². The number of nitrogens with zero attached hydrogens (tertiary/aromatic N) is 1. The molecule has 0 bridgehead atoms. The second-order valence-electron chi connectivity index (χ2n) is 3.41. The number of aromatic nitrogens is 1. The van der Waals surface area contributed by atoms with Crippen LogP contribution in [0, 0.1) is 0 Å². The van der Waals surface area contributed by atoms with E-state index < -0.39 is 11.9 Å². The highest BCUT2D eigenvalue weighted by Gasteiger charge is 2.13. The van der Waals surface area contributed by atoms with Gasteiger partial charge in [-0.3, -0.25) is 4.79 Å². The second-order valence-corrected chi connectivity index (χ2v) is 3.41. The standard InChI is InChI=1S/C11H15N3O3/c1-3-17-11(16)7(2)14-9-5-4-8(6-13-9)10(12)15/h4-7H,3H2,1-2H3,(H2,12,15)(H,13,14). The van der Waals surface area contributed by atoms with Crippen molar-refractivity contribution in [3.63, 3.8) is 0 Å². The van der Waals surface area contributed by atoms with Gasteiger partial charge in [-0.25, -0.2) is 9.78 Å². The molecule has 0 fully saturated rings. The van der Waals surface area contributed by atoms with E-state index in [1.54, 1.807) is 19.9 Å². The first kappa shape index (κ1) is 13.0. The summed E-state index contributed by atoms with van der Waals surface area (Å²) in [6.45, 7) is 3.74. The normalized spacial score (nSPS) is 11.6. The Morgan fingerprint density at radius 2 is 2.24 bits per heavy atom. The van der Waals surface area contributed by atoms with Crippen molar-refractivity contribution in [2.45, 2.75) is 19.9 Å². The predicted molar refractivity (Wildman–Crippen MR) is 62.5 cm³/mol. The van der Waals surface area contributed by atoms with Crippen molar-refractivity contribution in [3.8, 4) is 0 Å². The van der Waals surface area contributed by atoms with Gasteiger partial charge in [0.05, 0.1) is 12.2 Å². The molecule has 3 N–H and O–H groups in total. The summed E-state index contributed by atoms with van der Waals surface area (Å²) in [7, 11) is 0. The highest BCUT2D eigenvalue weighted by molar-refractivity contribution is 5.92. The summed E-state index contributed by atoms with van der Waals surface area (Å²) in [6.07, 6.45) is 1.35. The molecule has 0 aromatic carbocycles. The van der Waals surface area contributed by atoms with E-state index in [0.29, 0.717) is 18.0 Å². The summed E-state index contributed by atoms with van der Waals surface area (Å²) in [6, 6.07) is 2.62. The summed E-state index contributed by atoms with van der Waals surface area (Å²) in [5.41, 5.74) is 5.40. The van der Waals surface area contributed by atoms with Crippen LogP contribution >= 0.6 is 0 Å². The number of ether oxygens (including phenoxy) is 1. The lowest BCUT2D eigenvalue weighted by Gasteiger charge is -2.12. The maximum atomic E-state index is 11.3. The number of amides is 1. The van der Waals surface area contributed by atoms with Crippen molar-refractivity contribution in [3.05, 3.63) is 23.9 Å². The molecule has 0 radical (unpaired) electrons. The summed E-state index contributed by atoms with van der Waals surface area (Å²) in [5.74, 6) is -0.411. The maximum Gasteiger partial charge on any atom is 0.328 e. The quantitative estimate of drug-likeness (QED) is 0.729. The van der Waals surface area contributed by atoms with E-state index in [0.717, 1.165) is 0 Å². The van der Waals surface area contributed by atoms with Crippen LogP contribution in [0.3, 0.4) is 0 Å². The zero-order valence-corrected chi connectivity index (χ0v) is 9.77. The van der Waals surface area contributed by atoms with Crippen LogP contribution in [0.1, 0.15) is 24.2 Å². The molecule has 92 valence electrons. The van der Waals surface area contributed by atoms with Gasteiger partial charge in [-0.15, -0.1) is 0 Å². The topological polar surface area (TPSA) is 94.3 Å². The fourth-order valence-electron chi connectivity index (χ4n) is 1.17. The fourth-order valence-corrected chi connectivity index (χ4v) is 1.17. The molecule has 1 atom stereocenters. The highest BCUT2D eigenvalue weighted by atomic mass is 16.5. The Morgan fingerprint density at radius 1 is 1.53 bits per heavy atom. The van der Waals surface area contributed by atoms with E-state index in [1.165, 1.54) is 12.3 Å². The Labute approximate surface area is 99.2 Å². The number of rotatable bonds is 5. The molecule has 1 aromatic rings. The second kappa shape index (κ2) is 5.83. The van der Waals surface area contributed by atoms with Gasteiger partial charge in [0.15, 0.2) is 0 Å². The third-order valence-corrected chi connectivity index (χ3v) is 2.05. The van der Waals surface area contributed by atoms with Crippen molar-refractivity contribution in [2.24, 2.45) is 5.73 Å². The lowest BCUT2D eigenvalue weighted by Crippen LogP contribution is -2.28. The smallest absolute Gasteiger partial charge is 0.328 e. The highest BCUT2D eigenvalue weighted by Crippen LogP contribution is 2.06. The average Bonchev–Trinajstić information content (AvgIpc) is 2.30. The Hall–Kier alpha value is -2.11. The molecule has 6 heteroatoms. The van der Waals surface area contributed by atoms with Crippen LogP contribution in [0.15, 0.2) is 18.3 Å². The first-order chi connectivity index (χ1) is 8.04. The van der Waals surface area contributed by atoms with E-state index in [1.807, 2.05) is 0 Å². The number of carbonyl (C=O) groups is 2. The molecular weight excluding hydrogens is 222 g/mol. The van der Waals surface area contributed by atoms with E-state index in [2.05, 4.69) is 10.3 Å². The van der Waals surface area contributed by atoms with E-state index in [4.69, 9.17) is 10.5 Å². The maximum absolute atomic E-state index is 11.3. The minimum atomic E-state index is -0.539. The molecule has 0 saturated carbocycles. The molecule has 1 amide bonds. The van der Waals surface area contributed by atoms with Crippen molar-refractivity contribution in [2.75, 3.05) is 11.9 Å². The molecule has 0 aliphatic rings. The summed E-state index contributed by atoms with van der Waals surface area (Å²) in [5, 5.41) is 2.85. The first-order valence-electron chi connectivity index (χ1n) is 5.23. The number of pyridine rings is 1. The number of carbonyl (C=O) groups excluding carboxylic acids is 2. The lowest BCUT2D eigenvalue weighted by molar-refractivity contribution is -0.143. The van der Waals surface area contributed by atoms with Crippen LogP contribution in [0.4, 0.5) is 5.82 Å². The van der Waals surface area contributed by atoms with Crippen LogP contribution < -0.4 is 11.1 Å². The molecule has 6 nitrogen and oxygen atoms in total. The summed E-state index contributed by atoms with van der Waals surface area (Å²) >= 11 is 0. The fraction of sp³-hybridized carbons (Fsp3) is 0.364. The van der Waals surface area contributed by atoms with Gasteiger partial charge >= 0.3 is 5.97 Å². The zero-order chi connectivity index (χ0) is 12.8. The molecule has 1 aromatic heterocycles. The Kier molecular flexibility index (Phi) is 4.45. The monoisotopic (exact) mass is 237 g/mol. The average molecular weight is 237 g/mol. The number of esters is 1. The summed E-state index contributed by atoms with van der Waals surface area (Å²) < 4.78 is 4.83. The molecule has 17 heavy (non-hydrogen) atoms. The number of nitrogens with one attached hydrogen (secondary N) is 1. The van der Waals surface area contributed by atoms with Crippen molar-refractivity contribution < 1.29 is 14.3 Å². The molecule has 0 spiro atoms. The van der Waals surface area contributed by atoms with Gasteiger partial charge in [-0.2, -0.15) is 0 Å². The first-order valence-corrected chi connectivity index (χ1v) is 5.23. The van der Waals surface area contributed by atoms with Crippen LogP contribution in [-0.2, 0) is 9.53 Å². The van der Waals surface area contributed by atoms with Crippen molar-refractivity contribution >= 4 is 17.7 Å². The predicted octanol–water partition coefficient (Wildman–Crippen LogP) is 0.544. The van der Waals surface area contributed by atoms with Gasteiger partial charge in [0.1, 0.15) is 11.9 Å². The largest absolute Gasteiger partial charge is 0.464 e. The number of anilines is 1.